The third kappa shape index (κ3) is 4.47. The largest absolute Gasteiger partial charge is 0.406 e. The van der Waals surface area contributed by atoms with Gasteiger partial charge in [-0.1, -0.05) is 0 Å². The van der Waals surface area contributed by atoms with Crippen molar-refractivity contribution in [1.82, 2.24) is 20.2 Å². The van der Waals surface area contributed by atoms with E-state index >= 15 is 0 Å². The van der Waals surface area contributed by atoms with Gasteiger partial charge in [0.2, 0.25) is 11.8 Å². The maximum absolute atomic E-state index is 12.3. The normalized spacial score (nSPS) is 19.1. The Labute approximate surface area is 118 Å². The second-order valence-electron chi connectivity index (χ2n) is 4.91. The molecule has 1 saturated heterocycles. The maximum Gasteiger partial charge on any atom is 0.406 e. The van der Waals surface area contributed by atoms with Gasteiger partial charge in [-0.25, -0.2) is 4.98 Å². The lowest BCUT2D eigenvalue weighted by atomic mass is 10.1. The highest BCUT2D eigenvalue weighted by molar-refractivity contribution is 5.89. The van der Waals surface area contributed by atoms with Gasteiger partial charge in [-0.3, -0.25) is 9.59 Å². The summed E-state index contributed by atoms with van der Waals surface area (Å²) in [6, 6.07) is 0. The number of carbonyl (C=O) groups excluding carboxylic acids is 2. The zero-order chi connectivity index (χ0) is 15.5. The first-order valence-corrected chi connectivity index (χ1v) is 6.44. The minimum Gasteiger partial charge on any atom is -0.355 e. The van der Waals surface area contributed by atoms with Gasteiger partial charge in [0.15, 0.2) is 0 Å². The van der Waals surface area contributed by atoms with Crippen molar-refractivity contribution >= 4 is 11.8 Å². The molecule has 2 rings (SSSR count). The SMILES string of the molecule is O=C(NCCc1cnc[nH]1)C1CC(=O)N(CC(F)(F)F)C1. The van der Waals surface area contributed by atoms with E-state index < -0.39 is 30.5 Å². The summed E-state index contributed by atoms with van der Waals surface area (Å²) in [5.74, 6) is -1.75. The summed E-state index contributed by atoms with van der Waals surface area (Å²) in [6.45, 7) is -1.15. The van der Waals surface area contributed by atoms with E-state index in [0.717, 1.165) is 5.69 Å². The number of nitrogens with zero attached hydrogens (tertiary/aromatic N) is 2. The number of aromatic nitrogens is 2. The number of hydrogen-bond donors (Lipinski definition) is 2. The van der Waals surface area contributed by atoms with Crippen LogP contribution >= 0.6 is 0 Å². The summed E-state index contributed by atoms with van der Waals surface area (Å²) in [5.41, 5.74) is 0.844. The quantitative estimate of drug-likeness (QED) is 0.830. The molecule has 1 fully saturated rings. The Morgan fingerprint density at radius 1 is 1.52 bits per heavy atom. The smallest absolute Gasteiger partial charge is 0.355 e. The van der Waals surface area contributed by atoms with Crippen molar-refractivity contribution in [2.45, 2.75) is 19.0 Å². The summed E-state index contributed by atoms with van der Waals surface area (Å²) < 4.78 is 36.8. The summed E-state index contributed by atoms with van der Waals surface area (Å²) in [6.07, 6.45) is -0.940. The van der Waals surface area contributed by atoms with Gasteiger partial charge in [0.25, 0.3) is 0 Å². The van der Waals surface area contributed by atoms with Crippen LogP contribution in [0, 0.1) is 5.92 Å². The van der Waals surface area contributed by atoms with E-state index in [4.69, 9.17) is 0 Å². The predicted molar refractivity (Wildman–Crippen MR) is 66.0 cm³/mol. The summed E-state index contributed by atoms with van der Waals surface area (Å²) in [5, 5.41) is 2.62. The van der Waals surface area contributed by atoms with Gasteiger partial charge in [-0.15, -0.1) is 0 Å². The highest BCUT2D eigenvalue weighted by Gasteiger charge is 2.40. The van der Waals surface area contributed by atoms with E-state index in [2.05, 4.69) is 15.3 Å². The maximum atomic E-state index is 12.3. The molecule has 1 aliphatic rings. The van der Waals surface area contributed by atoms with Gasteiger partial charge in [0, 0.05) is 37.8 Å². The Balaban J connectivity index is 1.77. The first kappa shape index (κ1) is 15.3. The summed E-state index contributed by atoms with van der Waals surface area (Å²) in [4.78, 5) is 30.7. The Bertz CT molecular complexity index is 501. The fraction of sp³-hybridized carbons (Fsp3) is 0.583. The molecule has 116 valence electrons. The van der Waals surface area contributed by atoms with E-state index in [-0.39, 0.29) is 13.0 Å². The number of alkyl halides is 3. The second-order valence-corrected chi connectivity index (χ2v) is 4.91. The van der Waals surface area contributed by atoms with Gasteiger partial charge in [-0.05, 0) is 0 Å². The van der Waals surface area contributed by atoms with E-state index in [9.17, 15) is 22.8 Å². The van der Waals surface area contributed by atoms with E-state index in [1.165, 1.54) is 6.33 Å². The highest BCUT2D eigenvalue weighted by atomic mass is 19.4. The molecule has 9 heteroatoms. The van der Waals surface area contributed by atoms with Crippen LogP contribution < -0.4 is 5.32 Å². The average Bonchev–Trinajstić information content (AvgIpc) is 2.98. The molecule has 1 aromatic rings. The molecule has 1 aliphatic heterocycles. The first-order chi connectivity index (χ1) is 9.85. The van der Waals surface area contributed by atoms with Crippen molar-refractivity contribution in [3.63, 3.8) is 0 Å². The molecule has 1 atom stereocenters. The van der Waals surface area contributed by atoms with Crippen LogP contribution in [0.3, 0.4) is 0 Å². The number of hydrogen-bond acceptors (Lipinski definition) is 3. The van der Waals surface area contributed by atoms with Crippen molar-refractivity contribution in [3.8, 4) is 0 Å². The van der Waals surface area contributed by atoms with Crippen LogP contribution in [0.1, 0.15) is 12.1 Å². The molecule has 2 amide bonds. The molecule has 1 aromatic heterocycles. The van der Waals surface area contributed by atoms with Crippen LogP contribution in [0.2, 0.25) is 0 Å². The lowest BCUT2D eigenvalue weighted by Gasteiger charge is -2.18. The summed E-state index contributed by atoms with van der Waals surface area (Å²) >= 11 is 0. The number of carbonyl (C=O) groups is 2. The zero-order valence-corrected chi connectivity index (χ0v) is 11.1. The number of likely N-dealkylation sites (tertiary alicyclic amines) is 1. The lowest BCUT2D eigenvalue weighted by Crippen LogP contribution is -2.37. The molecular weight excluding hydrogens is 289 g/mol. The molecule has 0 aromatic carbocycles. The van der Waals surface area contributed by atoms with E-state index in [1.54, 1.807) is 6.20 Å². The molecule has 0 saturated carbocycles. The molecule has 1 unspecified atom stereocenters. The molecular formula is C12H15F3N4O2. The van der Waals surface area contributed by atoms with Crippen LogP contribution in [0.25, 0.3) is 0 Å². The molecule has 2 N–H and O–H groups in total. The number of nitrogens with one attached hydrogen (secondary N) is 2. The third-order valence-electron chi connectivity index (χ3n) is 3.20. The van der Waals surface area contributed by atoms with E-state index in [0.29, 0.717) is 17.9 Å². The predicted octanol–water partition coefficient (Wildman–Crippen LogP) is 0.479. The molecule has 0 spiro atoms. The van der Waals surface area contributed by atoms with Crippen LogP contribution in [0.15, 0.2) is 12.5 Å². The number of halogens is 3. The Morgan fingerprint density at radius 2 is 2.29 bits per heavy atom. The topological polar surface area (TPSA) is 78.1 Å². The number of aromatic amines is 1. The summed E-state index contributed by atoms with van der Waals surface area (Å²) in [7, 11) is 0. The van der Waals surface area contributed by atoms with Crippen molar-refractivity contribution in [2.24, 2.45) is 5.92 Å². The third-order valence-corrected chi connectivity index (χ3v) is 3.20. The molecule has 0 bridgehead atoms. The van der Waals surface area contributed by atoms with Gasteiger partial charge < -0.3 is 15.2 Å². The Hall–Kier alpha value is -2.06. The van der Waals surface area contributed by atoms with Gasteiger partial charge in [0.1, 0.15) is 6.54 Å². The van der Waals surface area contributed by atoms with Crippen LogP contribution in [0.5, 0.6) is 0 Å². The highest BCUT2D eigenvalue weighted by Crippen LogP contribution is 2.23. The molecule has 0 aliphatic carbocycles. The zero-order valence-electron chi connectivity index (χ0n) is 11.1. The van der Waals surface area contributed by atoms with Crippen molar-refractivity contribution < 1.29 is 22.8 Å². The van der Waals surface area contributed by atoms with Gasteiger partial charge >= 0.3 is 6.18 Å². The molecule has 6 nitrogen and oxygen atoms in total. The monoisotopic (exact) mass is 304 g/mol. The standard InChI is InChI=1S/C12H15F3N4O2/c13-12(14,15)6-19-5-8(3-10(19)20)11(21)17-2-1-9-4-16-7-18-9/h4,7-8H,1-3,5-6H2,(H,16,18)(H,17,21). The minimum absolute atomic E-state index is 0.175. The minimum atomic E-state index is -4.44. The van der Waals surface area contributed by atoms with Crippen LogP contribution in [-0.2, 0) is 16.0 Å². The Kier molecular flexibility index (Phi) is 4.49. The molecule has 2 heterocycles. The average molecular weight is 304 g/mol. The number of imidazole rings is 1. The van der Waals surface area contributed by atoms with E-state index in [1.807, 2.05) is 0 Å². The number of rotatable bonds is 5. The Morgan fingerprint density at radius 3 is 2.90 bits per heavy atom. The van der Waals surface area contributed by atoms with Crippen LogP contribution in [-0.4, -0.2) is 52.5 Å². The first-order valence-electron chi connectivity index (χ1n) is 6.44. The van der Waals surface area contributed by atoms with Crippen molar-refractivity contribution in [2.75, 3.05) is 19.6 Å². The molecule has 0 radical (unpaired) electrons. The number of H-pyrrole nitrogens is 1. The van der Waals surface area contributed by atoms with Gasteiger partial charge in [0.05, 0.1) is 12.2 Å². The molecule has 21 heavy (non-hydrogen) atoms. The van der Waals surface area contributed by atoms with Gasteiger partial charge in [-0.2, -0.15) is 13.2 Å². The van der Waals surface area contributed by atoms with Crippen LogP contribution in [0.4, 0.5) is 13.2 Å². The second kappa shape index (κ2) is 6.15. The fourth-order valence-corrected chi connectivity index (χ4v) is 2.20. The lowest BCUT2D eigenvalue weighted by molar-refractivity contribution is -0.157. The van der Waals surface area contributed by atoms with Crippen molar-refractivity contribution in [3.05, 3.63) is 18.2 Å². The fourth-order valence-electron chi connectivity index (χ4n) is 2.20. The van der Waals surface area contributed by atoms with Crippen molar-refractivity contribution in [1.29, 1.82) is 0 Å². The number of amides is 2.